The Balaban J connectivity index is 2.06. The summed E-state index contributed by atoms with van der Waals surface area (Å²) in [5.74, 6) is 0.506. The van der Waals surface area contributed by atoms with E-state index in [0.29, 0.717) is 24.3 Å². The fourth-order valence-corrected chi connectivity index (χ4v) is 2.56. The van der Waals surface area contributed by atoms with Crippen LogP contribution in [-0.2, 0) is 0 Å². The highest BCUT2D eigenvalue weighted by molar-refractivity contribution is 5.98. The molecule has 128 valence electrons. The van der Waals surface area contributed by atoms with E-state index in [2.05, 4.69) is 15.6 Å². The van der Waals surface area contributed by atoms with Crippen LogP contribution in [0, 0.1) is 0 Å². The number of amides is 1. The van der Waals surface area contributed by atoms with E-state index in [9.17, 15) is 9.90 Å². The van der Waals surface area contributed by atoms with Crippen molar-refractivity contribution in [1.82, 2.24) is 10.3 Å². The first-order valence-electron chi connectivity index (χ1n) is 8.27. The van der Waals surface area contributed by atoms with Crippen LogP contribution in [0.2, 0.25) is 0 Å². The maximum absolute atomic E-state index is 12.5. The average molecular weight is 327 g/mol. The zero-order chi connectivity index (χ0) is 17.4. The summed E-state index contributed by atoms with van der Waals surface area (Å²) >= 11 is 0. The molecule has 1 amide bonds. The molecule has 0 saturated heterocycles. The molecule has 24 heavy (non-hydrogen) atoms. The average Bonchev–Trinajstić information content (AvgIpc) is 2.59. The van der Waals surface area contributed by atoms with Crippen LogP contribution >= 0.6 is 0 Å². The summed E-state index contributed by atoms with van der Waals surface area (Å²) in [6.45, 7) is 4.56. The SMILES string of the molecule is CC(C)Nc1ncccc1C(=O)NCC(CCO)c1ccccc1. The van der Waals surface area contributed by atoms with E-state index < -0.39 is 0 Å². The predicted molar refractivity (Wildman–Crippen MR) is 96.2 cm³/mol. The van der Waals surface area contributed by atoms with Gasteiger partial charge in [0.15, 0.2) is 0 Å². The van der Waals surface area contributed by atoms with E-state index in [0.717, 1.165) is 5.56 Å². The number of benzene rings is 1. The van der Waals surface area contributed by atoms with E-state index >= 15 is 0 Å². The second kappa shape index (κ2) is 9.03. The number of aliphatic hydroxyl groups is 1. The summed E-state index contributed by atoms with van der Waals surface area (Å²) < 4.78 is 0. The molecular weight excluding hydrogens is 302 g/mol. The first-order valence-corrected chi connectivity index (χ1v) is 8.27. The summed E-state index contributed by atoms with van der Waals surface area (Å²) in [4.78, 5) is 16.8. The third-order valence-electron chi connectivity index (χ3n) is 3.74. The Morgan fingerprint density at radius 1 is 1.17 bits per heavy atom. The Labute approximate surface area is 143 Å². The van der Waals surface area contributed by atoms with Crippen molar-refractivity contribution >= 4 is 11.7 Å². The van der Waals surface area contributed by atoms with Crippen molar-refractivity contribution in [3.05, 3.63) is 59.8 Å². The molecule has 0 aliphatic heterocycles. The molecule has 5 nitrogen and oxygen atoms in total. The van der Waals surface area contributed by atoms with Gasteiger partial charge in [0.25, 0.3) is 5.91 Å². The summed E-state index contributed by atoms with van der Waals surface area (Å²) in [5.41, 5.74) is 1.64. The Morgan fingerprint density at radius 3 is 2.58 bits per heavy atom. The number of nitrogens with one attached hydrogen (secondary N) is 2. The van der Waals surface area contributed by atoms with Crippen molar-refractivity contribution < 1.29 is 9.90 Å². The molecule has 0 fully saturated rings. The van der Waals surface area contributed by atoms with Crippen molar-refractivity contribution in [1.29, 1.82) is 0 Å². The maximum atomic E-state index is 12.5. The molecule has 0 radical (unpaired) electrons. The van der Waals surface area contributed by atoms with Gasteiger partial charge < -0.3 is 15.7 Å². The predicted octanol–water partition coefficient (Wildman–Crippen LogP) is 2.80. The van der Waals surface area contributed by atoms with Crippen molar-refractivity contribution in [2.75, 3.05) is 18.5 Å². The fourth-order valence-electron chi connectivity index (χ4n) is 2.56. The Hall–Kier alpha value is -2.40. The van der Waals surface area contributed by atoms with Gasteiger partial charge in [0.05, 0.1) is 5.56 Å². The lowest BCUT2D eigenvalue weighted by Gasteiger charge is -2.18. The summed E-state index contributed by atoms with van der Waals surface area (Å²) in [6.07, 6.45) is 2.27. The highest BCUT2D eigenvalue weighted by Gasteiger charge is 2.16. The van der Waals surface area contributed by atoms with Crippen LogP contribution in [0.5, 0.6) is 0 Å². The molecule has 1 unspecified atom stereocenters. The molecule has 1 aromatic heterocycles. The number of anilines is 1. The zero-order valence-corrected chi connectivity index (χ0v) is 14.2. The second-order valence-corrected chi connectivity index (χ2v) is 6.03. The van der Waals surface area contributed by atoms with E-state index in [1.165, 1.54) is 0 Å². The van der Waals surface area contributed by atoms with Crippen LogP contribution < -0.4 is 10.6 Å². The van der Waals surface area contributed by atoms with Crippen LogP contribution in [0.15, 0.2) is 48.7 Å². The van der Waals surface area contributed by atoms with Gasteiger partial charge in [0.2, 0.25) is 0 Å². The number of aromatic nitrogens is 1. The number of hydrogen-bond acceptors (Lipinski definition) is 4. The van der Waals surface area contributed by atoms with Crippen LogP contribution in [0.25, 0.3) is 0 Å². The Bertz CT molecular complexity index is 644. The molecule has 0 spiro atoms. The lowest BCUT2D eigenvalue weighted by atomic mass is 9.96. The van der Waals surface area contributed by atoms with E-state index in [4.69, 9.17) is 0 Å². The van der Waals surface area contributed by atoms with Gasteiger partial charge in [-0.1, -0.05) is 30.3 Å². The van der Waals surface area contributed by atoms with Gasteiger partial charge in [-0.05, 0) is 38.0 Å². The number of nitrogens with zero attached hydrogens (tertiary/aromatic N) is 1. The number of carbonyl (C=O) groups excluding carboxylic acids is 1. The lowest BCUT2D eigenvalue weighted by Crippen LogP contribution is -2.30. The van der Waals surface area contributed by atoms with Crippen molar-refractivity contribution in [2.24, 2.45) is 0 Å². The normalized spacial score (nSPS) is 12.0. The minimum Gasteiger partial charge on any atom is -0.396 e. The quantitative estimate of drug-likeness (QED) is 0.697. The first-order chi connectivity index (χ1) is 11.6. The summed E-state index contributed by atoms with van der Waals surface area (Å²) in [6, 6.07) is 13.6. The fraction of sp³-hybridized carbons (Fsp3) is 0.368. The van der Waals surface area contributed by atoms with Gasteiger partial charge in [0, 0.05) is 31.3 Å². The lowest BCUT2D eigenvalue weighted by molar-refractivity contribution is 0.0950. The van der Waals surface area contributed by atoms with Gasteiger partial charge in [-0.3, -0.25) is 4.79 Å². The molecule has 1 atom stereocenters. The smallest absolute Gasteiger partial charge is 0.255 e. The van der Waals surface area contributed by atoms with Crippen LogP contribution in [0.1, 0.15) is 42.1 Å². The van der Waals surface area contributed by atoms with E-state index in [-0.39, 0.29) is 24.5 Å². The van der Waals surface area contributed by atoms with Crippen molar-refractivity contribution in [3.63, 3.8) is 0 Å². The molecule has 0 saturated carbocycles. The zero-order valence-electron chi connectivity index (χ0n) is 14.2. The highest BCUT2D eigenvalue weighted by atomic mass is 16.3. The minimum atomic E-state index is -0.162. The number of aliphatic hydroxyl groups excluding tert-OH is 1. The number of hydrogen-bond donors (Lipinski definition) is 3. The molecule has 3 N–H and O–H groups in total. The third kappa shape index (κ3) is 5.06. The third-order valence-corrected chi connectivity index (χ3v) is 3.74. The molecule has 1 aromatic carbocycles. The largest absolute Gasteiger partial charge is 0.396 e. The number of carbonyl (C=O) groups is 1. The first kappa shape index (κ1) is 17.9. The van der Waals surface area contributed by atoms with Gasteiger partial charge in [-0.2, -0.15) is 0 Å². The molecule has 0 aliphatic carbocycles. The van der Waals surface area contributed by atoms with Gasteiger partial charge in [-0.25, -0.2) is 4.98 Å². The molecule has 2 rings (SSSR count). The molecule has 1 heterocycles. The minimum absolute atomic E-state index is 0.0818. The van der Waals surface area contributed by atoms with Crippen LogP contribution in [0.3, 0.4) is 0 Å². The highest BCUT2D eigenvalue weighted by Crippen LogP contribution is 2.19. The van der Waals surface area contributed by atoms with Crippen LogP contribution in [0.4, 0.5) is 5.82 Å². The van der Waals surface area contributed by atoms with Gasteiger partial charge in [-0.15, -0.1) is 0 Å². The molecule has 0 bridgehead atoms. The van der Waals surface area contributed by atoms with Gasteiger partial charge in [0.1, 0.15) is 5.82 Å². The van der Waals surface area contributed by atoms with E-state index in [1.54, 1.807) is 18.3 Å². The Morgan fingerprint density at radius 2 is 1.92 bits per heavy atom. The second-order valence-electron chi connectivity index (χ2n) is 6.03. The number of pyridine rings is 1. The van der Waals surface area contributed by atoms with E-state index in [1.807, 2.05) is 44.2 Å². The summed E-state index contributed by atoms with van der Waals surface area (Å²) in [7, 11) is 0. The van der Waals surface area contributed by atoms with Crippen LogP contribution in [-0.4, -0.2) is 35.2 Å². The molecule has 0 aliphatic rings. The van der Waals surface area contributed by atoms with Crippen molar-refractivity contribution in [2.45, 2.75) is 32.2 Å². The topological polar surface area (TPSA) is 74.2 Å². The standard InChI is InChI=1S/C19H25N3O2/c1-14(2)22-18-17(9-6-11-20-18)19(24)21-13-16(10-12-23)15-7-4-3-5-8-15/h3-9,11,14,16,23H,10,12-13H2,1-2H3,(H,20,22)(H,21,24). The molecule has 5 heteroatoms. The maximum Gasteiger partial charge on any atom is 0.255 e. The van der Waals surface area contributed by atoms with Crippen molar-refractivity contribution in [3.8, 4) is 0 Å². The van der Waals surface area contributed by atoms with Gasteiger partial charge >= 0.3 is 0 Å². The monoisotopic (exact) mass is 327 g/mol. The number of rotatable bonds is 8. The molecular formula is C19H25N3O2. The summed E-state index contributed by atoms with van der Waals surface area (Å²) in [5, 5.41) is 15.4. The Kier molecular flexibility index (Phi) is 6.75. The molecule has 2 aromatic rings.